The second-order valence-corrected chi connectivity index (χ2v) is 14.6. The van der Waals surface area contributed by atoms with Crippen molar-refractivity contribution in [3.63, 3.8) is 0 Å². The summed E-state index contributed by atoms with van der Waals surface area (Å²) < 4.78 is 2.12. The van der Waals surface area contributed by atoms with E-state index in [0.29, 0.717) is 43.5 Å². The van der Waals surface area contributed by atoms with Gasteiger partial charge in [-0.15, -0.1) is 19.7 Å². The number of anilines is 2. The first-order chi connectivity index (χ1) is 27.7. The highest BCUT2D eigenvalue weighted by molar-refractivity contribution is 5.97. The lowest BCUT2D eigenvalue weighted by Gasteiger charge is -2.27. The predicted octanol–water partition coefficient (Wildman–Crippen LogP) is 12.3. The minimum absolute atomic E-state index is 0.309. The number of hydrogen-bond donors (Lipinski definition) is 2. The average Bonchev–Trinajstić information content (AvgIpc) is 3.56. The summed E-state index contributed by atoms with van der Waals surface area (Å²) >= 11 is 0. The van der Waals surface area contributed by atoms with Crippen molar-refractivity contribution in [2.24, 2.45) is 29.6 Å². The lowest BCUT2D eigenvalue weighted by molar-refractivity contribution is -0.119. The van der Waals surface area contributed by atoms with Crippen LogP contribution < -0.4 is 16.0 Å². The van der Waals surface area contributed by atoms with Crippen LogP contribution in [0.15, 0.2) is 104 Å². The summed E-state index contributed by atoms with van der Waals surface area (Å²) in [7, 11) is 2.04. The van der Waals surface area contributed by atoms with Gasteiger partial charge in [0.1, 0.15) is 23.3 Å². The minimum Gasteiger partial charge on any atom is -0.384 e. The maximum absolute atomic E-state index is 13.2. The highest BCUT2D eigenvalue weighted by atomic mass is 16.1. The number of nitrogens with zero attached hydrogens (tertiary/aromatic N) is 5. The zero-order valence-corrected chi connectivity index (χ0v) is 36.2. The molecular formula is C49H73N7O. The highest BCUT2D eigenvalue weighted by Crippen LogP contribution is 2.31. The Hall–Kier alpha value is -4.98. The van der Waals surface area contributed by atoms with E-state index in [1.165, 1.54) is 57.8 Å². The molecule has 0 aliphatic heterocycles. The zero-order valence-electron chi connectivity index (χ0n) is 36.2. The van der Waals surface area contributed by atoms with E-state index in [1.807, 2.05) is 70.3 Å². The van der Waals surface area contributed by atoms with Crippen LogP contribution in [0.1, 0.15) is 129 Å². The molecule has 1 unspecified atom stereocenters. The van der Waals surface area contributed by atoms with Gasteiger partial charge in [-0.3, -0.25) is 9.79 Å². The summed E-state index contributed by atoms with van der Waals surface area (Å²) in [6, 6.07) is 20.2. The number of aliphatic imine (C=N–C) groups is 1. The van der Waals surface area contributed by atoms with Gasteiger partial charge in [0.2, 0.25) is 0 Å². The second-order valence-electron chi connectivity index (χ2n) is 14.6. The lowest BCUT2D eigenvalue weighted by atomic mass is 9.82. The quantitative estimate of drug-likeness (QED) is 0.0426. The summed E-state index contributed by atoms with van der Waals surface area (Å²) in [6.45, 7) is 26.1. The van der Waals surface area contributed by atoms with E-state index in [-0.39, 0.29) is 0 Å². The molecule has 2 aromatic carbocycles. The summed E-state index contributed by atoms with van der Waals surface area (Å²) in [6.07, 6.45) is 17.2. The van der Waals surface area contributed by atoms with E-state index in [9.17, 15) is 4.79 Å². The fourth-order valence-corrected chi connectivity index (χ4v) is 7.22. The third-order valence-corrected chi connectivity index (χ3v) is 10.1. The molecule has 310 valence electrons. The van der Waals surface area contributed by atoms with Crippen molar-refractivity contribution in [2.75, 3.05) is 23.3 Å². The molecule has 8 nitrogen and oxygen atoms in total. The van der Waals surface area contributed by atoms with Crippen LogP contribution in [0.3, 0.4) is 0 Å². The number of amidine groups is 1. The number of ketones is 1. The zero-order chi connectivity index (χ0) is 42.0. The van der Waals surface area contributed by atoms with E-state index in [1.54, 1.807) is 12.3 Å². The molecule has 8 heteroatoms. The smallest absolute Gasteiger partial charge is 0.134 e. The molecule has 2 heterocycles. The van der Waals surface area contributed by atoms with Gasteiger partial charge in [0.05, 0.1) is 17.6 Å². The molecule has 57 heavy (non-hydrogen) atoms. The normalized spacial score (nSPS) is 13.1. The van der Waals surface area contributed by atoms with E-state index >= 15 is 0 Å². The number of nitrogens with two attached hydrogens (primary N) is 1. The van der Waals surface area contributed by atoms with Crippen LogP contribution in [0.4, 0.5) is 11.5 Å². The van der Waals surface area contributed by atoms with Crippen LogP contribution in [0.25, 0.3) is 16.7 Å². The third-order valence-electron chi connectivity index (χ3n) is 10.1. The number of carbonyl (C=O) groups is 1. The molecule has 1 aliphatic rings. The summed E-state index contributed by atoms with van der Waals surface area (Å²) in [5.41, 5.74) is 11.9. The van der Waals surface area contributed by atoms with Gasteiger partial charge in [-0.1, -0.05) is 104 Å². The van der Waals surface area contributed by atoms with Crippen LogP contribution in [0.5, 0.6) is 0 Å². The first kappa shape index (κ1) is 48.2. The van der Waals surface area contributed by atoms with Crippen molar-refractivity contribution < 1.29 is 4.79 Å². The van der Waals surface area contributed by atoms with Crippen molar-refractivity contribution in [2.45, 2.75) is 118 Å². The number of benzene rings is 2. The number of aryl methyl sites for hydroxylation is 1. The molecule has 1 saturated carbocycles. The predicted molar refractivity (Wildman–Crippen MR) is 248 cm³/mol. The number of imidazole rings is 1. The Labute approximate surface area is 345 Å². The van der Waals surface area contributed by atoms with Gasteiger partial charge in [-0.05, 0) is 85.7 Å². The number of aromatic nitrogens is 3. The maximum atomic E-state index is 13.2. The van der Waals surface area contributed by atoms with Crippen molar-refractivity contribution in [1.82, 2.24) is 14.5 Å². The standard InChI is InChI=1S/C42H57N7O.C3H6.C2H6.C2H4/c1-5-6-7-12-25-45-42(43)34-17-20-36(21-18-34)46-30-41-47-38-29-35(19-22-39(38)48(41)4)32(3)49(40-16-11-13-24-44-40)26-23-37(50)28-31(2)27-33-14-9-8-10-15-33;1-3-2;2*1-2/h11,13,16-22,24,29,31,33,46H,3,5-10,12,14-15,23,25-28,30H2,1-2,4H3,(H2,43,45);3H,1H2,2H3;1-2H3;1-2H2. The Morgan fingerprint density at radius 1 is 1.04 bits per heavy atom. The van der Waals surface area contributed by atoms with E-state index in [4.69, 9.17) is 10.7 Å². The number of pyridine rings is 1. The number of allylic oxidation sites excluding steroid dienone is 1. The first-order valence-electron chi connectivity index (χ1n) is 21.3. The van der Waals surface area contributed by atoms with Crippen molar-refractivity contribution in [1.29, 1.82) is 0 Å². The van der Waals surface area contributed by atoms with Crippen LogP contribution in [-0.4, -0.2) is 39.2 Å². The van der Waals surface area contributed by atoms with E-state index in [0.717, 1.165) is 64.1 Å². The Morgan fingerprint density at radius 2 is 1.72 bits per heavy atom. The number of hydrogen-bond acceptors (Lipinski definition) is 6. The van der Waals surface area contributed by atoms with Gasteiger partial charge < -0.3 is 20.5 Å². The van der Waals surface area contributed by atoms with Gasteiger partial charge in [-0.25, -0.2) is 9.97 Å². The van der Waals surface area contributed by atoms with Crippen LogP contribution in [-0.2, 0) is 18.4 Å². The molecule has 3 N–H and O–H groups in total. The van der Waals surface area contributed by atoms with Gasteiger partial charge >= 0.3 is 0 Å². The van der Waals surface area contributed by atoms with Crippen molar-refractivity contribution in [3.8, 4) is 0 Å². The lowest BCUT2D eigenvalue weighted by Crippen LogP contribution is -2.25. The average molecular weight is 776 g/mol. The molecule has 1 aliphatic carbocycles. The van der Waals surface area contributed by atoms with Gasteiger partial charge in [0.15, 0.2) is 0 Å². The number of Topliss-reactive ketones (excluding diaryl/α,β-unsaturated/α-hetero) is 1. The topological polar surface area (TPSA) is 101 Å². The Bertz CT molecular complexity index is 1770. The van der Waals surface area contributed by atoms with Crippen molar-refractivity contribution in [3.05, 3.63) is 116 Å². The molecule has 0 radical (unpaired) electrons. The number of nitrogens with one attached hydrogen (secondary N) is 1. The van der Waals surface area contributed by atoms with E-state index < -0.39 is 0 Å². The molecule has 1 atom stereocenters. The fourth-order valence-electron chi connectivity index (χ4n) is 7.22. The first-order valence-corrected chi connectivity index (χ1v) is 21.3. The molecular weight excluding hydrogens is 703 g/mol. The fraction of sp³-hybridized carbons (Fsp3) is 0.469. The van der Waals surface area contributed by atoms with Gasteiger partial charge in [0, 0.05) is 56.1 Å². The van der Waals surface area contributed by atoms with E-state index in [2.05, 4.69) is 83.1 Å². The number of carbonyl (C=O) groups excluding carboxylic acids is 1. The molecule has 0 spiro atoms. The number of unbranched alkanes of at least 4 members (excludes halogenated alkanes) is 3. The van der Waals surface area contributed by atoms with Gasteiger partial charge in [0.25, 0.3) is 0 Å². The Kier molecular flexibility index (Phi) is 23.3. The Morgan fingerprint density at radius 3 is 2.37 bits per heavy atom. The van der Waals surface area contributed by atoms with Crippen molar-refractivity contribution >= 4 is 39.9 Å². The van der Waals surface area contributed by atoms with Crippen LogP contribution in [0, 0.1) is 11.8 Å². The maximum Gasteiger partial charge on any atom is 0.134 e. The Balaban J connectivity index is 0.00000151. The monoisotopic (exact) mass is 776 g/mol. The molecule has 0 amide bonds. The summed E-state index contributed by atoms with van der Waals surface area (Å²) in [5.74, 6) is 3.83. The molecule has 0 bridgehead atoms. The van der Waals surface area contributed by atoms with Gasteiger partial charge in [-0.2, -0.15) is 0 Å². The molecule has 5 rings (SSSR count). The largest absolute Gasteiger partial charge is 0.384 e. The van der Waals surface area contributed by atoms with Crippen LogP contribution >= 0.6 is 0 Å². The minimum atomic E-state index is 0.309. The summed E-state index contributed by atoms with van der Waals surface area (Å²) in [5, 5.41) is 3.51. The number of fused-ring (bicyclic) bond motifs is 1. The molecule has 2 aromatic heterocycles. The molecule has 4 aromatic rings. The number of rotatable bonds is 19. The highest BCUT2D eigenvalue weighted by Gasteiger charge is 2.21. The molecule has 1 fully saturated rings. The summed E-state index contributed by atoms with van der Waals surface area (Å²) in [4.78, 5) is 29.4. The third kappa shape index (κ3) is 16.2. The molecule has 0 saturated heterocycles. The van der Waals surface area contributed by atoms with Crippen LogP contribution in [0.2, 0.25) is 0 Å². The SMILES string of the molecule is C=C.C=C(c1ccc2c(c1)nc(CNc1ccc(C(N)=NCCCCCC)cc1)n2C)N(CCC(=O)CC(C)CC1CCCCC1)c1ccccn1.C=CC.CC. The second kappa shape index (κ2) is 27.6.